The van der Waals surface area contributed by atoms with E-state index < -0.39 is 0 Å². The molecule has 1 aliphatic heterocycles. The predicted octanol–water partition coefficient (Wildman–Crippen LogP) is 0.886. The Morgan fingerprint density at radius 3 is 3.08 bits per heavy atom. The van der Waals surface area contributed by atoms with Gasteiger partial charge in [-0.05, 0) is 6.42 Å². The second kappa shape index (κ2) is 5.43. The molecule has 12 heavy (non-hydrogen) atoms. The van der Waals surface area contributed by atoms with Crippen LogP contribution in [-0.4, -0.2) is 31.5 Å². The number of hydrogen-bond acceptors (Lipinski definition) is 4. The molecular formula is C8H14O3S. The summed E-state index contributed by atoms with van der Waals surface area (Å²) < 4.78 is 10.1. The first-order valence-electron chi connectivity index (χ1n) is 4.17. The first kappa shape index (κ1) is 9.86. The Morgan fingerprint density at radius 2 is 2.50 bits per heavy atom. The third-order valence-electron chi connectivity index (χ3n) is 1.82. The number of thiol groups is 1. The molecule has 0 aromatic rings. The fourth-order valence-corrected chi connectivity index (χ4v) is 1.27. The summed E-state index contributed by atoms with van der Waals surface area (Å²) in [4.78, 5) is 10.9. The predicted molar refractivity (Wildman–Crippen MR) is 48.4 cm³/mol. The molecule has 1 atom stereocenters. The molecule has 0 aliphatic carbocycles. The molecule has 0 bridgehead atoms. The zero-order valence-electron chi connectivity index (χ0n) is 6.99. The smallest absolute Gasteiger partial charge is 0.306 e. The number of rotatable bonds is 4. The SMILES string of the molecule is O=C(CCS)OCC1CCOC1. The molecule has 1 unspecified atom stereocenters. The molecule has 1 heterocycles. The molecule has 0 N–H and O–H groups in total. The molecule has 0 radical (unpaired) electrons. The van der Waals surface area contributed by atoms with Crippen LogP contribution in [0.25, 0.3) is 0 Å². The van der Waals surface area contributed by atoms with E-state index in [9.17, 15) is 4.79 Å². The van der Waals surface area contributed by atoms with Crippen LogP contribution < -0.4 is 0 Å². The lowest BCUT2D eigenvalue weighted by Gasteiger charge is -2.07. The van der Waals surface area contributed by atoms with Crippen LogP contribution in [0.4, 0.5) is 0 Å². The van der Waals surface area contributed by atoms with E-state index in [0.29, 0.717) is 24.7 Å². The van der Waals surface area contributed by atoms with Crippen molar-refractivity contribution in [1.82, 2.24) is 0 Å². The van der Waals surface area contributed by atoms with Crippen molar-refractivity contribution in [2.24, 2.45) is 5.92 Å². The van der Waals surface area contributed by atoms with Gasteiger partial charge in [-0.1, -0.05) is 0 Å². The lowest BCUT2D eigenvalue weighted by Crippen LogP contribution is -2.14. The van der Waals surface area contributed by atoms with E-state index in [2.05, 4.69) is 12.6 Å². The van der Waals surface area contributed by atoms with Gasteiger partial charge in [-0.2, -0.15) is 12.6 Å². The summed E-state index contributed by atoms with van der Waals surface area (Å²) in [5.41, 5.74) is 0. The van der Waals surface area contributed by atoms with Gasteiger partial charge in [-0.15, -0.1) is 0 Å². The third-order valence-corrected chi connectivity index (χ3v) is 2.04. The molecular weight excluding hydrogens is 176 g/mol. The van der Waals surface area contributed by atoms with E-state index in [4.69, 9.17) is 9.47 Å². The van der Waals surface area contributed by atoms with Gasteiger partial charge in [0.05, 0.1) is 19.6 Å². The molecule has 1 rings (SSSR count). The van der Waals surface area contributed by atoms with E-state index in [-0.39, 0.29) is 5.97 Å². The first-order chi connectivity index (χ1) is 5.83. The maximum Gasteiger partial charge on any atom is 0.306 e. The lowest BCUT2D eigenvalue weighted by molar-refractivity contribution is -0.144. The van der Waals surface area contributed by atoms with Crippen molar-refractivity contribution in [3.05, 3.63) is 0 Å². The maximum absolute atomic E-state index is 10.9. The summed E-state index contributed by atoms with van der Waals surface area (Å²) in [6.45, 7) is 2.04. The van der Waals surface area contributed by atoms with Crippen LogP contribution in [0.15, 0.2) is 0 Å². The fourth-order valence-electron chi connectivity index (χ4n) is 1.09. The van der Waals surface area contributed by atoms with Gasteiger partial charge in [0, 0.05) is 18.3 Å². The molecule has 0 aromatic carbocycles. The number of carbonyl (C=O) groups excluding carboxylic acids is 1. The van der Waals surface area contributed by atoms with E-state index in [1.165, 1.54) is 0 Å². The molecule has 3 nitrogen and oxygen atoms in total. The Bertz CT molecular complexity index is 143. The summed E-state index contributed by atoms with van der Waals surface area (Å²) in [7, 11) is 0. The monoisotopic (exact) mass is 190 g/mol. The molecule has 4 heteroatoms. The van der Waals surface area contributed by atoms with Gasteiger partial charge in [0.25, 0.3) is 0 Å². The van der Waals surface area contributed by atoms with Crippen LogP contribution >= 0.6 is 12.6 Å². The third kappa shape index (κ3) is 3.45. The van der Waals surface area contributed by atoms with E-state index in [0.717, 1.165) is 19.6 Å². The second-order valence-electron chi connectivity index (χ2n) is 2.89. The molecule has 1 fully saturated rings. The number of esters is 1. The standard InChI is InChI=1S/C8H14O3S/c9-8(2-4-12)11-6-7-1-3-10-5-7/h7,12H,1-6H2. The minimum atomic E-state index is -0.156. The van der Waals surface area contributed by atoms with E-state index >= 15 is 0 Å². The van der Waals surface area contributed by atoms with E-state index in [1.807, 2.05) is 0 Å². The molecule has 1 aliphatic rings. The Labute approximate surface area is 77.8 Å². The molecule has 0 spiro atoms. The molecule has 0 amide bonds. The van der Waals surface area contributed by atoms with Gasteiger partial charge in [0.15, 0.2) is 0 Å². The van der Waals surface area contributed by atoms with Crippen molar-refractivity contribution in [2.75, 3.05) is 25.6 Å². The van der Waals surface area contributed by atoms with Crippen LogP contribution in [0.3, 0.4) is 0 Å². The quantitative estimate of drug-likeness (QED) is 0.528. The van der Waals surface area contributed by atoms with Crippen LogP contribution in [-0.2, 0) is 14.3 Å². The average Bonchev–Trinajstić information content (AvgIpc) is 2.53. The minimum Gasteiger partial charge on any atom is -0.465 e. The Balaban J connectivity index is 2.03. The van der Waals surface area contributed by atoms with Crippen molar-refractivity contribution >= 4 is 18.6 Å². The fraction of sp³-hybridized carbons (Fsp3) is 0.875. The summed E-state index contributed by atoms with van der Waals surface area (Å²) >= 11 is 3.94. The molecule has 1 saturated heterocycles. The summed E-state index contributed by atoms with van der Waals surface area (Å²) in [6, 6.07) is 0. The van der Waals surface area contributed by atoms with Crippen molar-refractivity contribution < 1.29 is 14.3 Å². The molecule has 0 aromatic heterocycles. The van der Waals surface area contributed by atoms with Crippen molar-refractivity contribution in [3.8, 4) is 0 Å². The normalized spacial score (nSPS) is 22.6. The number of ether oxygens (including phenoxy) is 2. The number of hydrogen-bond donors (Lipinski definition) is 1. The van der Waals surface area contributed by atoms with Crippen LogP contribution in [0.2, 0.25) is 0 Å². The zero-order chi connectivity index (χ0) is 8.81. The van der Waals surface area contributed by atoms with Crippen molar-refractivity contribution in [1.29, 1.82) is 0 Å². The Hall–Kier alpha value is -0.220. The highest BCUT2D eigenvalue weighted by Gasteiger charge is 2.17. The average molecular weight is 190 g/mol. The second-order valence-corrected chi connectivity index (χ2v) is 3.33. The highest BCUT2D eigenvalue weighted by Crippen LogP contribution is 2.12. The summed E-state index contributed by atoms with van der Waals surface area (Å²) in [5, 5.41) is 0. The van der Waals surface area contributed by atoms with Crippen LogP contribution in [0.1, 0.15) is 12.8 Å². The van der Waals surface area contributed by atoms with Crippen molar-refractivity contribution in [3.63, 3.8) is 0 Å². The summed E-state index contributed by atoms with van der Waals surface area (Å²) in [5.74, 6) is 0.811. The Morgan fingerprint density at radius 1 is 1.67 bits per heavy atom. The molecule has 70 valence electrons. The Kier molecular flexibility index (Phi) is 4.46. The van der Waals surface area contributed by atoms with Gasteiger partial charge < -0.3 is 9.47 Å². The van der Waals surface area contributed by atoms with Gasteiger partial charge in [-0.3, -0.25) is 4.79 Å². The summed E-state index contributed by atoms with van der Waals surface area (Å²) in [6.07, 6.45) is 1.41. The van der Waals surface area contributed by atoms with Gasteiger partial charge in [-0.25, -0.2) is 0 Å². The van der Waals surface area contributed by atoms with Crippen LogP contribution in [0, 0.1) is 5.92 Å². The largest absolute Gasteiger partial charge is 0.465 e. The van der Waals surface area contributed by atoms with Gasteiger partial charge in [0.1, 0.15) is 0 Å². The van der Waals surface area contributed by atoms with Crippen LogP contribution in [0.5, 0.6) is 0 Å². The lowest BCUT2D eigenvalue weighted by atomic mass is 10.1. The maximum atomic E-state index is 10.9. The minimum absolute atomic E-state index is 0.156. The molecule has 0 saturated carbocycles. The topological polar surface area (TPSA) is 35.5 Å². The number of carbonyl (C=O) groups is 1. The first-order valence-corrected chi connectivity index (χ1v) is 4.80. The highest BCUT2D eigenvalue weighted by atomic mass is 32.1. The van der Waals surface area contributed by atoms with Gasteiger partial charge in [0.2, 0.25) is 0 Å². The highest BCUT2D eigenvalue weighted by molar-refractivity contribution is 7.80. The van der Waals surface area contributed by atoms with Gasteiger partial charge >= 0.3 is 5.97 Å². The zero-order valence-corrected chi connectivity index (χ0v) is 7.89. The van der Waals surface area contributed by atoms with E-state index in [1.54, 1.807) is 0 Å². The van der Waals surface area contributed by atoms with Crippen molar-refractivity contribution in [2.45, 2.75) is 12.8 Å².